The lowest BCUT2D eigenvalue weighted by molar-refractivity contribution is -0.132. The number of carbonyl (C=O) groups excluding carboxylic acids is 2. The highest BCUT2D eigenvalue weighted by molar-refractivity contribution is 6.51. The number of ketones is 1. The largest absolute Gasteiger partial charge is 0.507 e. The van der Waals surface area contributed by atoms with Crippen LogP contribution in [0, 0.1) is 0 Å². The van der Waals surface area contributed by atoms with E-state index in [9.17, 15) is 14.7 Å². The van der Waals surface area contributed by atoms with Gasteiger partial charge >= 0.3 is 0 Å². The van der Waals surface area contributed by atoms with Gasteiger partial charge in [0.25, 0.3) is 11.7 Å². The van der Waals surface area contributed by atoms with E-state index >= 15 is 0 Å². The van der Waals surface area contributed by atoms with E-state index in [0.29, 0.717) is 11.3 Å². The lowest BCUT2D eigenvalue weighted by Gasteiger charge is -2.30. The van der Waals surface area contributed by atoms with Gasteiger partial charge in [-0.25, -0.2) is 0 Å². The van der Waals surface area contributed by atoms with Gasteiger partial charge in [-0.3, -0.25) is 19.5 Å². The predicted octanol–water partition coefficient (Wildman–Crippen LogP) is 5.37. The molecule has 9 heteroatoms. The number of aliphatic hydroxyl groups is 1. The summed E-state index contributed by atoms with van der Waals surface area (Å²) in [6.07, 6.45) is 6.72. The molecule has 2 aromatic carbocycles. The van der Waals surface area contributed by atoms with Gasteiger partial charge in [0.15, 0.2) is 0 Å². The van der Waals surface area contributed by atoms with Crippen LogP contribution in [-0.2, 0) is 9.59 Å². The van der Waals surface area contributed by atoms with Crippen LogP contribution in [0.25, 0.3) is 5.76 Å². The first-order valence-electron chi connectivity index (χ1n) is 12.4. The molecule has 0 bridgehead atoms. The molecule has 3 aromatic rings. The average Bonchev–Trinajstić information content (AvgIpc) is 3.23. The maximum absolute atomic E-state index is 13.5. The van der Waals surface area contributed by atoms with E-state index < -0.39 is 23.5 Å². The van der Waals surface area contributed by atoms with Gasteiger partial charge < -0.3 is 19.5 Å². The zero-order valence-corrected chi connectivity index (χ0v) is 21.9. The number of amides is 1. The Bertz CT molecular complexity index is 1390. The smallest absolute Gasteiger partial charge is 0.300 e. The fourth-order valence-electron chi connectivity index (χ4n) is 5.12. The van der Waals surface area contributed by atoms with Gasteiger partial charge in [-0.05, 0) is 61.2 Å². The molecule has 2 saturated heterocycles. The Kier molecular flexibility index (Phi) is 7.24. The van der Waals surface area contributed by atoms with Crippen molar-refractivity contribution in [1.82, 2.24) is 4.98 Å². The van der Waals surface area contributed by atoms with Crippen LogP contribution < -0.4 is 19.3 Å². The molecule has 1 amide bonds. The molecular weight excluding hydrogens is 506 g/mol. The first-order chi connectivity index (χ1) is 18.4. The van der Waals surface area contributed by atoms with Crippen LogP contribution >= 0.6 is 11.6 Å². The molecule has 1 atom stereocenters. The Morgan fingerprint density at radius 1 is 0.974 bits per heavy atom. The van der Waals surface area contributed by atoms with Crippen LogP contribution in [0.4, 0.5) is 11.4 Å². The second-order valence-corrected chi connectivity index (χ2v) is 9.61. The number of rotatable bonds is 6. The number of methoxy groups -OCH3 is 2. The number of Topliss-reactive ketones (excluding diaryl/α,β-unsaturated/α-hetero) is 1. The SMILES string of the molecule is COc1cc(/C(O)=C2\C(=O)C(=O)N(c3ccc(N4CCCCC4)cc3)C2c2cccnc2)c(OC)cc1Cl. The molecule has 0 radical (unpaired) electrons. The number of aromatic nitrogens is 1. The molecule has 2 fully saturated rings. The third-order valence-electron chi connectivity index (χ3n) is 7.02. The molecule has 2 aliphatic heterocycles. The number of pyridine rings is 1. The Hall–Kier alpha value is -4.04. The number of nitrogens with zero attached hydrogens (tertiary/aromatic N) is 3. The van der Waals surface area contributed by atoms with Crippen LogP contribution in [0.2, 0.25) is 5.02 Å². The minimum atomic E-state index is -0.907. The highest BCUT2D eigenvalue weighted by atomic mass is 35.5. The summed E-state index contributed by atoms with van der Waals surface area (Å²) in [6.45, 7) is 1.98. The summed E-state index contributed by atoms with van der Waals surface area (Å²) in [5.41, 5.74) is 2.29. The fraction of sp³-hybridized carbons (Fsp3) is 0.276. The molecule has 0 spiro atoms. The number of benzene rings is 2. The van der Waals surface area contributed by atoms with Crippen molar-refractivity contribution in [2.75, 3.05) is 37.1 Å². The molecule has 8 nitrogen and oxygen atoms in total. The Morgan fingerprint density at radius 2 is 1.66 bits per heavy atom. The van der Waals surface area contributed by atoms with Crippen molar-refractivity contribution in [3.63, 3.8) is 0 Å². The minimum Gasteiger partial charge on any atom is -0.507 e. The van der Waals surface area contributed by atoms with Crippen molar-refractivity contribution in [3.8, 4) is 11.5 Å². The van der Waals surface area contributed by atoms with E-state index in [2.05, 4.69) is 9.88 Å². The van der Waals surface area contributed by atoms with Gasteiger partial charge in [-0.2, -0.15) is 0 Å². The monoisotopic (exact) mass is 533 g/mol. The van der Waals surface area contributed by atoms with Crippen LogP contribution in [-0.4, -0.2) is 49.1 Å². The molecule has 196 valence electrons. The molecule has 0 aliphatic carbocycles. The second-order valence-electron chi connectivity index (χ2n) is 9.21. The minimum absolute atomic E-state index is 0.0780. The van der Waals surface area contributed by atoms with Crippen molar-refractivity contribution in [2.24, 2.45) is 0 Å². The first-order valence-corrected chi connectivity index (χ1v) is 12.8. The van der Waals surface area contributed by atoms with Gasteiger partial charge in [0, 0.05) is 42.9 Å². The van der Waals surface area contributed by atoms with E-state index in [1.165, 1.54) is 37.7 Å². The van der Waals surface area contributed by atoms with Gasteiger partial charge in [0.2, 0.25) is 0 Å². The van der Waals surface area contributed by atoms with Crippen molar-refractivity contribution in [1.29, 1.82) is 0 Å². The molecule has 0 saturated carbocycles. The second kappa shape index (κ2) is 10.8. The van der Waals surface area contributed by atoms with E-state index in [0.717, 1.165) is 31.6 Å². The Morgan fingerprint density at radius 3 is 2.29 bits per heavy atom. The van der Waals surface area contributed by atoms with Crippen molar-refractivity contribution in [2.45, 2.75) is 25.3 Å². The topological polar surface area (TPSA) is 92.2 Å². The van der Waals surface area contributed by atoms with E-state index in [1.807, 2.05) is 24.3 Å². The van der Waals surface area contributed by atoms with Gasteiger partial charge in [0.05, 0.1) is 36.4 Å². The van der Waals surface area contributed by atoms with Gasteiger partial charge in [0.1, 0.15) is 17.3 Å². The fourth-order valence-corrected chi connectivity index (χ4v) is 5.35. The maximum atomic E-state index is 13.5. The predicted molar refractivity (Wildman–Crippen MR) is 146 cm³/mol. The molecular formula is C29H28ClN3O5. The summed E-state index contributed by atoms with van der Waals surface area (Å²) in [5.74, 6) is -1.43. The lowest BCUT2D eigenvalue weighted by Crippen LogP contribution is -2.30. The summed E-state index contributed by atoms with van der Waals surface area (Å²) >= 11 is 6.25. The first kappa shape index (κ1) is 25.6. The summed E-state index contributed by atoms with van der Waals surface area (Å²) < 4.78 is 10.7. The van der Waals surface area contributed by atoms with E-state index in [1.54, 1.807) is 24.5 Å². The maximum Gasteiger partial charge on any atom is 0.300 e. The van der Waals surface area contributed by atoms with Crippen LogP contribution in [0.15, 0.2) is 66.5 Å². The van der Waals surface area contributed by atoms with Crippen LogP contribution in [0.3, 0.4) is 0 Å². The molecule has 3 heterocycles. The number of ether oxygens (including phenoxy) is 2. The number of carbonyl (C=O) groups is 2. The van der Waals surface area contributed by atoms with Crippen LogP contribution in [0.5, 0.6) is 11.5 Å². The Balaban J connectivity index is 1.64. The summed E-state index contributed by atoms with van der Waals surface area (Å²) in [4.78, 5) is 34.9. The number of hydrogen-bond donors (Lipinski definition) is 1. The molecule has 1 unspecified atom stereocenters. The standard InChI is InChI=1S/C29H28ClN3O5/c1-37-23-16-22(30)24(38-2)15-21(23)27(34)25-26(18-7-6-12-31-17-18)33(29(36)28(25)35)20-10-8-19(9-11-20)32-13-4-3-5-14-32/h6-12,15-17,26,34H,3-5,13-14H2,1-2H3/b27-25+. The zero-order chi connectivity index (χ0) is 26.8. The molecule has 5 rings (SSSR count). The summed E-state index contributed by atoms with van der Waals surface area (Å²) in [7, 11) is 2.87. The van der Waals surface area contributed by atoms with E-state index in [-0.39, 0.29) is 27.7 Å². The quantitative estimate of drug-likeness (QED) is 0.259. The number of halogens is 1. The lowest BCUT2D eigenvalue weighted by atomic mass is 9.95. The van der Waals surface area contributed by atoms with Crippen molar-refractivity contribution < 1.29 is 24.2 Å². The third kappa shape index (κ3) is 4.56. The third-order valence-corrected chi connectivity index (χ3v) is 7.32. The highest BCUT2D eigenvalue weighted by Crippen LogP contribution is 2.44. The Labute approximate surface area is 226 Å². The van der Waals surface area contributed by atoms with Crippen molar-refractivity contribution >= 4 is 40.4 Å². The molecule has 38 heavy (non-hydrogen) atoms. The normalized spacial score (nSPS) is 19.1. The summed E-state index contributed by atoms with van der Waals surface area (Å²) in [6, 6.07) is 13.2. The highest BCUT2D eigenvalue weighted by Gasteiger charge is 2.47. The average molecular weight is 534 g/mol. The summed E-state index contributed by atoms with van der Waals surface area (Å²) in [5, 5.41) is 11.8. The molecule has 1 N–H and O–H groups in total. The number of piperidine rings is 1. The number of aliphatic hydroxyl groups excluding tert-OH is 1. The van der Waals surface area contributed by atoms with Crippen LogP contribution in [0.1, 0.15) is 36.4 Å². The number of anilines is 2. The van der Waals surface area contributed by atoms with E-state index in [4.69, 9.17) is 21.1 Å². The zero-order valence-electron chi connectivity index (χ0n) is 21.2. The van der Waals surface area contributed by atoms with Crippen molar-refractivity contribution in [3.05, 3.63) is 82.6 Å². The number of hydrogen-bond acceptors (Lipinski definition) is 7. The molecule has 1 aromatic heterocycles. The molecule has 2 aliphatic rings. The van der Waals surface area contributed by atoms with Gasteiger partial charge in [-0.15, -0.1) is 0 Å². The van der Waals surface area contributed by atoms with Gasteiger partial charge in [-0.1, -0.05) is 17.7 Å².